The van der Waals surface area contributed by atoms with Crippen molar-refractivity contribution in [3.8, 4) is 10.6 Å². The molecule has 1 aromatic carbocycles. The average molecular weight is 285 g/mol. The molecule has 0 aliphatic carbocycles. The summed E-state index contributed by atoms with van der Waals surface area (Å²) in [7, 11) is 1.40. The standard InChI is InChI=1S/C12H9F2NO3S/c1-18-5-9-10(12(16)17)19-11(15-9)7-4-6(13)2-3-8(7)14/h2-4H,5H2,1H3,(H,16,17). The Morgan fingerprint density at radius 1 is 1.47 bits per heavy atom. The lowest BCUT2D eigenvalue weighted by molar-refractivity contribution is 0.0697. The Morgan fingerprint density at radius 2 is 2.21 bits per heavy atom. The van der Waals surface area contributed by atoms with Crippen molar-refractivity contribution in [3.05, 3.63) is 40.4 Å². The Labute approximate surface area is 111 Å². The molecule has 2 aromatic rings. The topological polar surface area (TPSA) is 59.4 Å². The molecule has 2 rings (SSSR count). The molecule has 0 radical (unpaired) electrons. The summed E-state index contributed by atoms with van der Waals surface area (Å²) < 4.78 is 31.6. The fourth-order valence-corrected chi connectivity index (χ4v) is 2.46. The predicted octanol–water partition coefficient (Wildman–Crippen LogP) is 2.93. The van der Waals surface area contributed by atoms with Crippen LogP contribution in [0.3, 0.4) is 0 Å². The van der Waals surface area contributed by atoms with Gasteiger partial charge in [-0.15, -0.1) is 11.3 Å². The van der Waals surface area contributed by atoms with Gasteiger partial charge < -0.3 is 9.84 Å². The van der Waals surface area contributed by atoms with E-state index in [1.54, 1.807) is 0 Å². The molecule has 0 saturated heterocycles. The second-order valence-electron chi connectivity index (χ2n) is 3.66. The monoisotopic (exact) mass is 285 g/mol. The summed E-state index contributed by atoms with van der Waals surface area (Å²) in [5.74, 6) is -2.44. The van der Waals surface area contributed by atoms with Gasteiger partial charge >= 0.3 is 5.97 Å². The normalized spacial score (nSPS) is 10.7. The lowest BCUT2D eigenvalue weighted by Crippen LogP contribution is -1.99. The minimum absolute atomic E-state index is 0.00489. The number of methoxy groups -OCH3 is 1. The summed E-state index contributed by atoms with van der Waals surface area (Å²) >= 11 is 0.786. The van der Waals surface area contributed by atoms with Gasteiger partial charge in [0.2, 0.25) is 0 Å². The first-order valence-electron chi connectivity index (χ1n) is 5.20. The maximum absolute atomic E-state index is 13.6. The molecule has 0 unspecified atom stereocenters. The van der Waals surface area contributed by atoms with Gasteiger partial charge in [-0.2, -0.15) is 0 Å². The second-order valence-corrected chi connectivity index (χ2v) is 4.66. The van der Waals surface area contributed by atoms with E-state index in [4.69, 9.17) is 9.84 Å². The number of carbonyl (C=O) groups is 1. The van der Waals surface area contributed by atoms with Crippen LogP contribution in [0.25, 0.3) is 10.6 Å². The van der Waals surface area contributed by atoms with Crippen LogP contribution in [0.15, 0.2) is 18.2 Å². The highest BCUT2D eigenvalue weighted by atomic mass is 32.1. The molecule has 0 amide bonds. The van der Waals surface area contributed by atoms with E-state index in [-0.39, 0.29) is 27.7 Å². The summed E-state index contributed by atoms with van der Waals surface area (Å²) in [5.41, 5.74) is 0.133. The van der Waals surface area contributed by atoms with E-state index in [2.05, 4.69) is 4.98 Å². The van der Waals surface area contributed by atoms with Gasteiger partial charge in [-0.25, -0.2) is 18.6 Å². The van der Waals surface area contributed by atoms with Gasteiger partial charge in [0, 0.05) is 12.7 Å². The van der Waals surface area contributed by atoms with Gasteiger partial charge in [0.15, 0.2) is 0 Å². The second kappa shape index (κ2) is 5.41. The molecule has 0 bridgehead atoms. The summed E-state index contributed by atoms with van der Waals surface area (Å²) in [6, 6.07) is 2.94. The SMILES string of the molecule is COCc1nc(-c2cc(F)ccc2F)sc1C(=O)O. The third kappa shape index (κ3) is 2.77. The summed E-state index contributed by atoms with van der Waals surface area (Å²) in [6.07, 6.45) is 0. The molecule has 4 nitrogen and oxygen atoms in total. The van der Waals surface area contributed by atoms with Crippen molar-refractivity contribution < 1.29 is 23.4 Å². The fraction of sp³-hybridized carbons (Fsp3) is 0.167. The molecule has 1 N–H and O–H groups in total. The Kier molecular flexibility index (Phi) is 3.87. The van der Waals surface area contributed by atoms with Crippen molar-refractivity contribution in [1.29, 1.82) is 0 Å². The van der Waals surface area contributed by atoms with Crippen LogP contribution in [0.4, 0.5) is 8.78 Å². The predicted molar refractivity (Wildman–Crippen MR) is 65.1 cm³/mol. The minimum Gasteiger partial charge on any atom is -0.477 e. The van der Waals surface area contributed by atoms with Gasteiger partial charge in [-0.05, 0) is 18.2 Å². The molecular weight excluding hydrogens is 276 g/mol. The molecule has 0 aliphatic rings. The van der Waals surface area contributed by atoms with Gasteiger partial charge in [0.1, 0.15) is 21.5 Å². The Hall–Kier alpha value is -1.86. The van der Waals surface area contributed by atoms with Gasteiger partial charge in [0.05, 0.1) is 12.3 Å². The molecule has 0 saturated carbocycles. The first-order chi connectivity index (χ1) is 9.02. The molecule has 100 valence electrons. The van der Waals surface area contributed by atoms with Crippen molar-refractivity contribution in [2.24, 2.45) is 0 Å². The lowest BCUT2D eigenvalue weighted by atomic mass is 10.2. The number of rotatable bonds is 4. The molecule has 1 aromatic heterocycles. The zero-order valence-corrected chi connectivity index (χ0v) is 10.6. The summed E-state index contributed by atoms with van der Waals surface area (Å²) in [4.78, 5) is 15.0. The van der Waals surface area contributed by atoms with Crippen LogP contribution >= 0.6 is 11.3 Å². The number of hydrogen-bond donors (Lipinski definition) is 1. The largest absolute Gasteiger partial charge is 0.477 e. The summed E-state index contributed by atoms with van der Waals surface area (Å²) in [5, 5.41) is 9.14. The number of nitrogens with zero attached hydrogens (tertiary/aromatic N) is 1. The van der Waals surface area contributed by atoms with Crippen LogP contribution in [0.1, 0.15) is 15.4 Å². The van der Waals surface area contributed by atoms with Gasteiger partial charge in [-0.3, -0.25) is 0 Å². The van der Waals surface area contributed by atoms with Crippen molar-refractivity contribution in [3.63, 3.8) is 0 Å². The van der Waals surface area contributed by atoms with Gasteiger partial charge in [-0.1, -0.05) is 0 Å². The zero-order chi connectivity index (χ0) is 14.0. The molecule has 0 atom stereocenters. The van der Waals surface area contributed by atoms with E-state index in [1.165, 1.54) is 7.11 Å². The van der Waals surface area contributed by atoms with Crippen molar-refractivity contribution >= 4 is 17.3 Å². The molecule has 0 spiro atoms. The van der Waals surface area contributed by atoms with E-state index in [0.29, 0.717) is 0 Å². The highest BCUT2D eigenvalue weighted by Crippen LogP contribution is 2.30. The first-order valence-corrected chi connectivity index (χ1v) is 6.02. The molecule has 0 aliphatic heterocycles. The van der Waals surface area contributed by atoms with E-state index < -0.39 is 17.6 Å². The van der Waals surface area contributed by atoms with E-state index >= 15 is 0 Å². The van der Waals surface area contributed by atoms with Crippen LogP contribution in [0.2, 0.25) is 0 Å². The van der Waals surface area contributed by atoms with Crippen molar-refractivity contribution in [2.45, 2.75) is 6.61 Å². The van der Waals surface area contributed by atoms with Crippen LogP contribution in [-0.4, -0.2) is 23.2 Å². The maximum atomic E-state index is 13.6. The molecule has 1 heterocycles. The average Bonchev–Trinajstić information content (AvgIpc) is 2.77. The van der Waals surface area contributed by atoms with Crippen molar-refractivity contribution in [2.75, 3.05) is 7.11 Å². The number of ether oxygens (including phenoxy) is 1. The number of carboxylic acid groups (broad SMARTS) is 1. The number of thiazole rings is 1. The van der Waals surface area contributed by atoms with E-state index in [9.17, 15) is 13.6 Å². The van der Waals surface area contributed by atoms with Crippen LogP contribution in [0, 0.1) is 11.6 Å². The molecule has 0 fully saturated rings. The Balaban J connectivity index is 2.53. The van der Waals surface area contributed by atoms with Crippen LogP contribution < -0.4 is 0 Å². The first kappa shape index (κ1) is 13.6. The Morgan fingerprint density at radius 3 is 2.84 bits per heavy atom. The number of aromatic nitrogens is 1. The van der Waals surface area contributed by atoms with Crippen molar-refractivity contribution in [1.82, 2.24) is 4.98 Å². The number of carboxylic acids is 1. The number of aromatic carboxylic acids is 1. The smallest absolute Gasteiger partial charge is 0.347 e. The minimum atomic E-state index is -1.17. The van der Waals surface area contributed by atoms with Gasteiger partial charge in [0.25, 0.3) is 0 Å². The fourth-order valence-electron chi connectivity index (χ4n) is 1.53. The lowest BCUT2D eigenvalue weighted by Gasteiger charge is -1.98. The zero-order valence-electron chi connectivity index (χ0n) is 9.81. The Bertz CT molecular complexity index is 627. The molecule has 19 heavy (non-hydrogen) atoms. The highest BCUT2D eigenvalue weighted by molar-refractivity contribution is 7.17. The molecule has 7 heteroatoms. The quantitative estimate of drug-likeness (QED) is 0.938. The third-order valence-corrected chi connectivity index (χ3v) is 3.45. The number of hydrogen-bond acceptors (Lipinski definition) is 4. The number of benzene rings is 1. The molecular formula is C12H9F2NO3S. The number of halogens is 2. The van der Waals surface area contributed by atoms with Crippen LogP contribution in [-0.2, 0) is 11.3 Å². The highest BCUT2D eigenvalue weighted by Gasteiger charge is 2.20. The third-order valence-electron chi connectivity index (χ3n) is 2.33. The van der Waals surface area contributed by atoms with E-state index in [0.717, 1.165) is 29.5 Å². The van der Waals surface area contributed by atoms with E-state index in [1.807, 2.05) is 0 Å². The summed E-state index contributed by atoms with van der Waals surface area (Å²) in [6.45, 7) is -0.00489. The van der Waals surface area contributed by atoms with Crippen LogP contribution in [0.5, 0.6) is 0 Å². The maximum Gasteiger partial charge on any atom is 0.347 e.